The SMILES string of the molecule is C.C.C.C.COCCOC(=O)NCN=C=O. The topological polar surface area (TPSA) is 77.0 Å². The van der Waals surface area contributed by atoms with Gasteiger partial charge in [0.25, 0.3) is 0 Å². The third kappa shape index (κ3) is 22.9. The quantitative estimate of drug-likeness (QED) is 0.452. The molecule has 100 valence electrons. The molecule has 0 rings (SSSR count). The van der Waals surface area contributed by atoms with E-state index in [0.29, 0.717) is 6.61 Å². The Labute approximate surface area is 99.0 Å². The molecule has 0 saturated heterocycles. The molecule has 6 nitrogen and oxygen atoms in total. The van der Waals surface area contributed by atoms with Crippen molar-refractivity contribution in [1.82, 2.24) is 5.32 Å². The third-order valence-corrected chi connectivity index (χ3v) is 0.888. The van der Waals surface area contributed by atoms with E-state index < -0.39 is 6.09 Å². The predicted octanol–water partition coefficient (Wildman–Crippen LogP) is 2.20. The zero-order chi connectivity index (χ0) is 9.23. The Morgan fingerprint density at radius 2 is 1.81 bits per heavy atom. The lowest BCUT2D eigenvalue weighted by Crippen LogP contribution is -2.25. The van der Waals surface area contributed by atoms with Gasteiger partial charge in [0.05, 0.1) is 6.61 Å². The van der Waals surface area contributed by atoms with Gasteiger partial charge < -0.3 is 14.8 Å². The minimum absolute atomic E-state index is 0. The zero-order valence-electron chi connectivity index (χ0n) is 6.70. The number of hydrogen-bond donors (Lipinski definition) is 1. The summed E-state index contributed by atoms with van der Waals surface area (Å²) in [6, 6.07) is 0. The average molecular weight is 238 g/mol. The molecule has 0 aromatic carbocycles. The molecular weight excluding hydrogens is 212 g/mol. The Kier molecular flexibility index (Phi) is 42.9. The van der Waals surface area contributed by atoms with E-state index in [2.05, 4.69) is 19.8 Å². The van der Waals surface area contributed by atoms with Gasteiger partial charge in [-0.3, -0.25) is 0 Å². The normalized spacial score (nSPS) is 6.31. The summed E-state index contributed by atoms with van der Waals surface area (Å²) in [6.07, 6.45) is 0.637. The van der Waals surface area contributed by atoms with E-state index in [4.69, 9.17) is 0 Å². The number of alkyl carbamates (subject to hydrolysis) is 1. The molecule has 0 saturated carbocycles. The van der Waals surface area contributed by atoms with Crippen LogP contribution in [0.4, 0.5) is 4.79 Å². The van der Waals surface area contributed by atoms with Crippen LogP contribution in [0, 0.1) is 0 Å². The van der Waals surface area contributed by atoms with Crippen LogP contribution in [0.15, 0.2) is 4.99 Å². The van der Waals surface area contributed by atoms with Gasteiger partial charge in [0.1, 0.15) is 13.3 Å². The Balaban J connectivity index is -0.000000101. The van der Waals surface area contributed by atoms with Gasteiger partial charge in [0.15, 0.2) is 0 Å². The molecule has 0 aliphatic heterocycles. The maximum absolute atomic E-state index is 10.6. The van der Waals surface area contributed by atoms with E-state index in [1.165, 1.54) is 13.2 Å². The summed E-state index contributed by atoms with van der Waals surface area (Å²) in [7, 11) is 1.50. The van der Waals surface area contributed by atoms with Crippen molar-refractivity contribution in [2.45, 2.75) is 29.7 Å². The van der Waals surface area contributed by atoms with Crippen molar-refractivity contribution in [3.05, 3.63) is 0 Å². The summed E-state index contributed by atoms with van der Waals surface area (Å²) in [4.78, 5) is 23.2. The standard InChI is InChI=1S/C6H10N2O4.4CH4/c1-11-2-3-12-6(10)8-4-7-5-9;;;;/h2-4H2,1H3,(H,8,10);4*1H4. The lowest BCUT2D eigenvalue weighted by molar-refractivity contribution is 0.0988. The van der Waals surface area contributed by atoms with Crippen LogP contribution in [0.5, 0.6) is 0 Å². The molecule has 0 heterocycles. The Morgan fingerprint density at radius 3 is 2.25 bits per heavy atom. The molecular formula is C10H26N2O4. The molecule has 0 radical (unpaired) electrons. The number of nitrogens with zero attached hydrogens (tertiary/aromatic N) is 1. The number of rotatable bonds is 5. The van der Waals surface area contributed by atoms with E-state index in [1.807, 2.05) is 0 Å². The van der Waals surface area contributed by atoms with Crippen molar-refractivity contribution in [1.29, 1.82) is 0 Å². The van der Waals surface area contributed by atoms with E-state index in [0.717, 1.165) is 0 Å². The highest BCUT2D eigenvalue weighted by atomic mass is 16.6. The lowest BCUT2D eigenvalue weighted by Gasteiger charge is -2.02. The Bertz CT molecular complexity index is 180. The maximum atomic E-state index is 10.6. The molecule has 0 aromatic rings. The van der Waals surface area contributed by atoms with Crippen LogP contribution in [0.25, 0.3) is 0 Å². The molecule has 0 aliphatic carbocycles. The molecule has 0 aliphatic rings. The van der Waals surface area contributed by atoms with Gasteiger partial charge in [-0.05, 0) is 0 Å². The highest BCUT2D eigenvalue weighted by molar-refractivity contribution is 5.67. The fraction of sp³-hybridized carbons (Fsp3) is 0.800. The number of nitrogens with one attached hydrogen (secondary N) is 1. The van der Waals surface area contributed by atoms with E-state index in [9.17, 15) is 9.59 Å². The fourth-order valence-electron chi connectivity index (χ4n) is 0.405. The van der Waals surface area contributed by atoms with Crippen molar-refractivity contribution in [2.75, 3.05) is 27.0 Å². The number of isocyanates is 1. The van der Waals surface area contributed by atoms with Crippen LogP contribution >= 0.6 is 0 Å². The van der Waals surface area contributed by atoms with Gasteiger partial charge in [-0.1, -0.05) is 29.7 Å². The first-order chi connectivity index (χ1) is 5.81. The molecule has 0 unspecified atom stereocenters. The summed E-state index contributed by atoms with van der Waals surface area (Å²) >= 11 is 0. The smallest absolute Gasteiger partial charge is 0.408 e. The summed E-state index contributed by atoms with van der Waals surface area (Å²) in [6.45, 7) is 0.396. The molecule has 1 amide bonds. The lowest BCUT2D eigenvalue weighted by atomic mass is 10.8. The summed E-state index contributed by atoms with van der Waals surface area (Å²) < 4.78 is 9.19. The first-order valence-corrected chi connectivity index (χ1v) is 3.24. The minimum atomic E-state index is -0.633. The summed E-state index contributed by atoms with van der Waals surface area (Å²) in [5, 5.41) is 2.20. The largest absolute Gasteiger partial charge is 0.447 e. The van der Waals surface area contributed by atoms with Crippen LogP contribution in [0.3, 0.4) is 0 Å². The van der Waals surface area contributed by atoms with Crippen LogP contribution < -0.4 is 5.32 Å². The summed E-state index contributed by atoms with van der Waals surface area (Å²) in [5.41, 5.74) is 0. The maximum Gasteiger partial charge on any atom is 0.408 e. The molecule has 16 heavy (non-hydrogen) atoms. The second-order valence-electron chi connectivity index (χ2n) is 1.71. The van der Waals surface area contributed by atoms with E-state index >= 15 is 0 Å². The molecule has 0 atom stereocenters. The first kappa shape index (κ1) is 29.3. The van der Waals surface area contributed by atoms with Crippen LogP contribution in [-0.2, 0) is 14.3 Å². The van der Waals surface area contributed by atoms with E-state index in [-0.39, 0.29) is 43.0 Å². The molecule has 0 aromatic heterocycles. The second kappa shape index (κ2) is 23.4. The monoisotopic (exact) mass is 238 g/mol. The van der Waals surface area contributed by atoms with Crippen molar-refractivity contribution in [3.63, 3.8) is 0 Å². The second-order valence-corrected chi connectivity index (χ2v) is 1.71. The van der Waals surface area contributed by atoms with Crippen molar-refractivity contribution < 1.29 is 19.1 Å². The van der Waals surface area contributed by atoms with Crippen LogP contribution in [0.2, 0.25) is 0 Å². The van der Waals surface area contributed by atoms with Crippen molar-refractivity contribution in [2.24, 2.45) is 4.99 Å². The number of ether oxygens (including phenoxy) is 2. The van der Waals surface area contributed by atoms with E-state index in [1.54, 1.807) is 0 Å². The number of carbonyl (C=O) groups is 1. The van der Waals surface area contributed by atoms with Gasteiger partial charge >= 0.3 is 6.09 Å². The number of methoxy groups -OCH3 is 1. The van der Waals surface area contributed by atoms with Gasteiger partial charge in [-0.25, -0.2) is 9.59 Å². The minimum Gasteiger partial charge on any atom is -0.447 e. The number of hydrogen-bond acceptors (Lipinski definition) is 5. The fourth-order valence-corrected chi connectivity index (χ4v) is 0.405. The van der Waals surface area contributed by atoms with Crippen molar-refractivity contribution >= 4 is 12.2 Å². The number of carbonyl (C=O) groups excluding carboxylic acids is 2. The molecule has 1 N–H and O–H groups in total. The van der Waals surface area contributed by atoms with Gasteiger partial charge in [0, 0.05) is 7.11 Å². The number of aliphatic imine (C=N–C) groups is 1. The van der Waals surface area contributed by atoms with Crippen LogP contribution in [0.1, 0.15) is 29.7 Å². The Morgan fingerprint density at radius 1 is 1.25 bits per heavy atom. The van der Waals surface area contributed by atoms with Gasteiger partial charge in [0.2, 0.25) is 6.08 Å². The summed E-state index contributed by atoms with van der Waals surface area (Å²) in [5.74, 6) is 0. The molecule has 0 fully saturated rings. The van der Waals surface area contributed by atoms with Crippen molar-refractivity contribution in [3.8, 4) is 0 Å². The molecule has 6 heteroatoms. The van der Waals surface area contributed by atoms with Gasteiger partial charge in [-0.15, -0.1) is 0 Å². The van der Waals surface area contributed by atoms with Gasteiger partial charge in [-0.2, -0.15) is 4.99 Å². The highest BCUT2D eigenvalue weighted by Gasteiger charge is 1.97. The predicted molar refractivity (Wildman–Crippen MR) is 66.3 cm³/mol. The average Bonchev–Trinajstić information content (AvgIpc) is 2.06. The zero-order valence-corrected chi connectivity index (χ0v) is 6.70. The number of amides is 1. The highest BCUT2D eigenvalue weighted by Crippen LogP contribution is 1.77. The Hall–Kier alpha value is -1.39. The third-order valence-electron chi connectivity index (χ3n) is 0.888. The molecule has 0 spiro atoms. The molecule has 0 bridgehead atoms. The first-order valence-electron chi connectivity index (χ1n) is 3.24. The van der Waals surface area contributed by atoms with Crippen LogP contribution in [-0.4, -0.2) is 39.2 Å².